The Morgan fingerprint density at radius 2 is 1.91 bits per heavy atom. The van der Waals surface area contributed by atoms with Crippen LogP contribution < -0.4 is 9.64 Å². The minimum absolute atomic E-state index is 0.00949. The SMILES string of the molecule is CCc1c(F)ccc2cc(O)cc(-c3ncc4c(N5CCC[C@@](C)(O)C5)nc(OC[C@@]56CCCN5[C@@H](CF)CC6)nc4c3F)c12. The number of aromatic nitrogens is 3. The summed E-state index contributed by atoms with van der Waals surface area (Å²) in [7, 11) is 0. The number of pyridine rings is 1. The van der Waals surface area contributed by atoms with Crippen molar-refractivity contribution < 1.29 is 28.1 Å². The molecule has 0 saturated carbocycles. The first kappa shape index (κ1) is 30.0. The molecule has 2 aromatic heterocycles. The molecule has 3 aliphatic heterocycles. The monoisotopic (exact) mass is 621 g/mol. The Kier molecular flexibility index (Phi) is 7.51. The summed E-state index contributed by atoms with van der Waals surface area (Å²) < 4.78 is 51.7. The zero-order valence-electron chi connectivity index (χ0n) is 25.6. The molecule has 8 nitrogen and oxygen atoms in total. The van der Waals surface area contributed by atoms with Crippen molar-refractivity contribution in [2.75, 3.05) is 37.8 Å². The van der Waals surface area contributed by atoms with E-state index in [9.17, 15) is 19.0 Å². The number of aliphatic hydroxyl groups is 1. The molecule has 11 heteroatoms. The lowest BCUT2D eigenvalue weighted by Crippen LogP contribution is -2.47. The number of aryl methyl sites for hydroxylation is 1. The van der Waals surface area contributed by atoms with Gasteiger partial charge in [0.2, 0.25) is 0 Å². The molecule has 5 heterocycles. The zero-order chi connectivity index (χ0) is 31.5. The lowest BCUT2D eigenvalue weighted by atomic mass is 9.94. The molecular weight excluding hydrogens is 583 g/mol. The van der Waals surface area contributed by atoms with Gasteiger partial charge in [-0.3, -0.25) is 9.88 Å². The van der Waals surface area contributed by atoms with E-state index in [0.717, 1.165) is 32.2 Å². The summed E-state index contributed by atoms with van der Waals surface area (Å²) >= 11 is 0. The number of hydrogen-bond acceptors (Lipinski definition) is 8. The Labute approximate surface area is 259 Å². The van der Waals surface area contributed by atoms with Crippen molar-refractivity contribution in [1.29, 1.82) is 0 Å². The van der Waals surface area contributed by atoms with Gasteiger partial charge < -0.3 is 19.8 Å². The Morgan fingerprint density at radius 3 is 2.69 bits per heavy atom. The summed E-state index contributed by atoms with van der Waals surface area (Å²) in [5.41, 5.74) is -0.717. The van der Waals surface area contributed by atoms with Crippen LogP contribution in [0.3, 0.4) is 0 Å². The summed E-state index contributed by atoms with van der Waals surface area (Å²) in [5.74, 6) is -0.860. The molecule has 3 fully saturated rings. The van der Waals surface area contributed by atoms with Crippen LogP contribution in [0.15, 0.2) is 30.5 Å². The fourth-order valence-electron chi connectivity index (χ4n) is 7.92. The highest BCUT2D eigenvalue weighted by Gasteiger charge is 2.50. The number of halogens is 3. The van der Waals surface area contributed by atoms with Gasteiger partial charge in [0.15, 0.2) is 5.82 Å². The van der Waals surface area contributed by atoms with E-state index in [-0.39, 0.29) is 53.3 Å². The number of piperidine rings is 1. The maximum absolute atomic E-state index is 16.8. The Bertz CT molecular complexity index is 1790. The van der Waals surface area contributed by atoms with Crippen LogP contribution in [0.1, 0.15) is 57.9 Å². The van der Waals surface area contributed by atoms with Crippen LogP contribution in [0.4, 0.5) is 19.0 Å². The fourth-order valence-corrected chi connectivity index (χ4v) is 7.92. The molecule has 2 N–H and O–H groups in total. The van der Waals surface area contributed by atoms with E-state index < -0.39 is 23.9 Å². The highest BCUT2D eigenvalue weighted by Crippen LogP contribution is 2.43. The van der Waals surface area contributed by atoms with Crippen molar-refractivity contribution in [1.82, 2.24) is 19.9 Å². The highest BCUT2D eigenvalue weighted by molar-refractivity contribution is 6.01. The van der Waals surface area contributed by atoms with Gasteiger partial charge in [-0.05, 0) is 92.9 Å². The van der Waals surface area contributed by atoms with Crippen LogP contribution in [-0.4, -0.2) is 80.2 Å². The van der Waals surface area contributed by atoms with Crippen molar-refractivity contribution in [3.05, 3.63) is 47.7 Å². The lowest BCUT2D eigenvalue weighted by Gasteiger charge is -2.38. The minimum atomic E-state index is -0.960. The summed E-state index contributed by atoms with van der Waals surface area (Å²) in [6.45, 7) is 5.13. The van der Waals surface area contributed by atoms with E-state index in [1.165, 1.54) is 24.4 Å². The second kappa shape index (κ2) is 11.3. The molecule has 0 bridgehead atoms. The topological polar surface area (TPSA) is 94.8 Å². The zero-order valence-corrected chi connectivity index (χ0v) is 25.6. The average molecular weight is 622 g/mol. The van der Waals surface area contributed by atoms with E-state index in [1.807, 2.05) is 11.8 Å². The fraction of sp³-hybridized carbons (Fsp3) is 0.500. The quantitative estimate of drug-likeness (QED) is 0.256. The number of alkyl halides is 1. The molecule has 3 saturated heterocycles. The van der Waals surface area contributed by atoms with Gasteiger partial charge in [0, 0.05) is 30.9 Å². The van der Waals surface area contributed by atoms with Gasteiger partial charge in [-0.15, -0.1) is 0 Å². The number of ether oxygens (including phenoxy) is 1. The van der Waals surface area contributed by atoms with Gasteiger partial charge in [-0.1, -0.05) is 13.0 Å². The number of phenolic OH excluding ortho intramolecular Hbond substituents is 1. The van der Waals surface area contributed by atoms with Crippen molar-refractivity contribution in [3.63, 3.8) is 0 Å². The molecule has 7 rings (SSSR count). The number of fused-ring (bicyclic) bond motifs is 3. The molecule has 0 radical (unpaired) electrons. The first-order chi connectivity index (χ1) is 21.6. The van der Waals surface area contributed by atoms with Crippen LogP contribution in [0.2, 0.25) is 0 Å². The van der Waals surface area contributed by atoms with Crippen LogP contribution in [-0.2, 0) is 6.42 Å². The van der Waals surface area contributed by atoms with Crippen LogP contribution in [0.5, 0.6) is 11.8 Å². The molecular formula is C34H38F3N5O3. The van der Waals surface area contributed by atoms with Crippen molar-refractivity contribution >= 4 is 27.5 Å². The third kappa shape index (κ3) is 5.13. The highest BCUT2D eigenvalue weighted by atomic mass is 19.1. The van der Waals surface area contributed by atoms with Gasteiger partial charge in [-0.2, -0.15) is 9.97 Å². The molecule has 0 unspecified atom stereocenters. The number of phenols is 1. The molecule has 2 aromatic carbocycles. The minimum Gasteiger partial charge on any atom is -0.508 e. The van der Waals surface area contributed by atoms with E-state index in [2.05, 4.69) is 14.9 Å². The molecule has 0 amide bonds. The molecule has 0 spiro atoms. The van der Waals surface area contributed by atoms with Gasteiger partial charge in [-0.25, -0.2) is 13.2 Å². The molecule has 45 heavy (non-hydrogen) atoms. The third-order valence-electron chi connectivity index (χ3n) is 10.1. The number of hydrogen-bond donors (Lipinski definition) is 2. The second-order valence-electron chi connectivity index (χ2n) is 13.2. The molecule has 0 aliphatic carbocycles. The van der Waals surface area contributed by atoms with Crippen molar-refractivity contribution in [2.45, 2.75) is 76.0 Å². The molecule has 238 valence electrons. The van der Waals surface area contributed by atoms with E-state index >= 15 is 4.39 Å². The third-order valence-corrected chi connectivity index (χ3v) is 10.1. The Balaban J connectivity index is 1.37. The molecule has 4 aromatic rings. The number of aromatic hydroxyl groups is 1. The predicted octanol–water partition coefficient (Wildman–Crippen LogP) is 6.09. The van der Waals surface area contributed by atoms with Gasteiger partial charge in [0.1, 0.15) is 41.9 Å². The van der Waals surface area contributed by atoms with E-state index in [0.29, 0.717) is 53.3 Å². The van der Waals surface area contributed by atoms with Crippen molar-refractivity contribution in [2.24, 2.45) is 0 Å². The standard InChI is InChI=1S/C34H38F3N5O3/c1-3-23-26(36)7-6-20-14-22(43)15-24(27(20)23)29-28(37)30-25(17-38-29)31(41-12-4-9-33(2,44)18-41)40-32(39-30)45-19-34-10-5-13-42(34)21(16-35)8-11-34/h6-7,14-15,17,21,43-44H,3-5,8-13,16,18-19H2,1-2H3/t21-,33-,34+/m1/s1. The number of nitrogens with zero attached hydrogens (tertiary/aromatic N) is 5. The van der Waals surface area contributed by atoms with Crippen LogP contribution >= 0.6 is 0 Å². The van der Waals surface area contributed by atoms with Crippen LogP contribution in [0.25, 0.3) is 32.9 Å². The number of benzene rings is 2. The predicted molar refractivity (Wildman–Crippen MR) is 166 cm³/mol. The van der Waals surface area contributed by atoms with Gasteiger partial charge in [0.05, 0.1) is 16.5 Å². The number of rotatable bonds is 7. The first-order valence-corrected chi connectivity index (χ1v) is 15.9. The second-order valence-corrected chi connectivity index (χ2v) is 13.2. The van der Waals surface area contributed by atoms with E-state index in [4.69, 9.17) is 9.72 Å². The molecule has 3 atom stereocenters. The summed E-state index contributed by atoms with van der Waals surface area (Å²) in [6.07, 6.45) is 6.59. The Morgan fingerprint density at radius 1 is 1.09 bits per heavy atom. The summed E-state index contributed by atoms with van der Waals surface area (Å²) in [5, 5.41) is 22.8. The summed E-state index contributed by atoms with van der Waals surface area (Å²) in [4.78, 5) is 17.9. The van der Waals surface area contributed by atoms with Gasteiger partial charge in [0.25, 0.3) is 0 Å². The maximum atomic E-state index is 16.8. The lowest BCUT2D eigenvalue weighted by molar-refractivity contribution is 0.0446. The smallest absolute Gasteiger partial charge is 0.319 e. The maximum Gasteiger partial charge on any atom is 0.319 e. The number of anilines is 1. The van der Waals surface area contributed by atoms with E-state index in [1.54, 1.807) is 13.0 Å². The summed E-state index contributed by atoms with van der Waals surface area (Å²) in [6, 6.07) is 5.69. The van der Waals surface area contributed by atoms with Gasteiger partial charge >= 0.3 is 6.01 Å². The number of β-amino-alcohol motifs (C(OH)–C–C–N with tert-alkyl or cyclic N) is 1. The average Bonchev–Trinajstić information content (AvgIpc) is 3.58. The Hall–Kier alpha value is -3.70. The first-order valence-electron chi connectivity index (χ1n) is 15.9. The van der Waals surface area contributed by atoms with Crippen molar-refractivity contribution in [3.8, 4) is 23.0 Å². The van der Waals surface area contributed by atoms with Crippen LogP contribution in [0, 0.1) is 11.6 Å². The molecule has 3 aliphatic rings. The largest absolute Gasteiger partial charge is 0.508 e. The normalized spacial score (nSPS) is 25.4.